The number of nitriles is 2. The Labute approximate surface area is 88.7 Å². The van der Waals surface area contributed by atoms with Crippen LogP contribution in [0.3, 0.4) is 0 Å². The number of rotatable bonds is 0. The minimum atomic E-state index is 0.692. The molecule has 14 heavy (non-hydrogen) atoms. The molecule has 66 valence electrons. The summed E-state index contributed by atoms with van der Waals surface area (Å²) in [5.74, 6) is 0. The Hall–Kier alpha value is -1.50. The van der Waals surface area contributed by atoms with Gasteiger partial charge in [-0.25, -0.2) is 0 Å². The van der Waals surface area contributed by atoms with E-state index in [1.165, 1.54) is 23.5 Å². The Morgan fingerprint density at radius 3 is 1.71 bits per heavy atom. The number of hydrogen-bond acceptors (Lipinski definition) is 6. The average Bonchev–Trinajstić information content (AvgIpc) is 2.62. The van der Waals surface area contributed by atoms with Gasteiger partial charge in [-0.15, -0.1) is 0 Å². The van der Waals surface area contributed by atoms with Crippen LogP contribution in [0.15, 0.2) is 31.9 Å². The molecule has 0 aromatic heterocycles. The van der Waals surface area contributed by atoms with E-state index in [0.29, 0.717) is 10.1 Å². The molecule has 0 aromatic carbocycles. The van der Waals surface area contributed by atoms with Crippen LogP contribution in [0.4, 0.5) is 0 Å². The first-order chi connectivity index (χ1) is 6.83. The first-order valence-corrected chi connectivity index (χ1v) is 5.20. The minimum Gasteiger partial charge on any atom is -0.170 e. The Morgan fingerprint density at radius 2 is 1.36 bits per heavy atom. The van der Waals surface area contributed by atoms with Gasteiger partial charge in [0.2, 0.25) is 12.4 Å². The highest BCUT2D eigenvalue weighted by molar-refractivity contribution is 8.24. The van der Waals surface area contributed by atoms with Crippen LogP contribution < -0.4 is 0 Å². The summed E-state index contributed by atoms with van der Waals surface area (Å²) >= 11 is 2.84. The summed E-state index contributed by atoms with van der Waals surface area (Å²) in [6.45, 7) is 0. The van der Waals surface area contributed by atoms with Gasteiger partial charge in [-0.2, -0.15) is 20.5 Å². The van der Waals surface area contributed by atoms with Gasteiger partial charge in [-0.1, -0.05) is 23.5 Å². The molecule has 0 N–H and O–H groups in total. The molecule has 0 unspecified atom stereocenters. The van der Waals surface area contributed by atoms with E-state index in [0.717, 1.165) is 9.81 Å². The minimum absolute atomic E-state index is 0.692. The Bertz CT molecular complexity index is 438. The van der Waals surface area contributed by atoms with Crippen LogP contribution in [-0.2, 0) is 0 Å². The van der Waals surface area contributed by atoms with E-state index in [1.807, 2.05) is 12.2 Å². The standard InChI is InChI=1S/C8H2N4S2/c9-3-11-7-1-5-6(14-7)2-8(13-5)12-4-10/h1-2H/b11-7-,12-8-. The number of aliphatic imine (C=N–C) groups is 2. The van der Waals surface area contributed by atoms with E-state index in [4.69, 9.17) is 10.5 Å². The topological polar surface area (TPSA) is 72.3 Å². The van der Waals surface area contributed by atoms with Gasteiger partial charge in [0.25, 0.3) is 0 Å². The zero-order valence-electron chi connectivity index (χ0n) is 6.76. The lowest BCUT2D eigenvalue weighted by Crippen LogP contribution is -1.81. The van der Waals surface area contributed by atoms with Crippen LogP contribution in [0, 0.1) is 22.9 Å². The molecule has 0 spiro atoms. The van der Waals surface area contributed by atoms with Crippen LogP contribution in [0.2, 0.25) is 0 Å². The van der Waals surface area contributed by atoms with Crippen molar-refractivity contribution in [3.63, 3.8) is 0 Å². The van der Waals surface area contributed by atoms with Crippen LogP contribution in [0.5, 0.6) is 0 Å². The van der Waals surface area contributed by atoms with E-state index in [9.17, 15) is 0 Å². The van der Waals surface area contributed by atoms with E-state index in [-0.39, 0.29) is 0 Å². The largest absolute Gasteiger partial charge is 0.206 e. The van der Waals surface area contributed by atoms with Gasteiger partial charge < -0.3 is 0 Å². The van der Waals surface area contributed by atoms with Crippen molar-refractivity contribution in [2.75, 3.05) is 0 Å². The summed E-state index contributed by atoms with van der Waals surface area (Å²) in [5, 5.41) is 18.1. The second-order valence-corrected chi connectivity index (χ2v) is 4.45. The van der Waals surface area contributed by atoms with Crippen molar-refractivity contribution < 1.29 is 0 Å². The maximum Gasteiger partial charge on any atom is 0.206 e. The zero-order chi connectivity index (χ0) is 9.97. The molecule has 2 aliphatic heterocycles. The van der Waals surface area contributed by atoms with Crippen molar-refractivity contribution in [3.8, 4) is 12.4 Å². The number of nitrogens with zero attached hydrogens (tertiary/aromatic N) is 4. The van der Waals surface area contributed by atoms with Crippen LogP contribution >= 0.6 is 23.5 Å². The normalized spacial score (nSPS) is 24.1. The molecule has 0 bridgehead atoms. The fourth-order valence-electron chi connectivity index (χ4n) is 1.02. The quantitative estimate of drug-likeness (QED) is 0.583. The highest BCUT2D eigenvalue weighted by Gasteiger charge is 2.25. The first-order valence-electron chi connectivity index (χ1n) is 3.56. The van der Waals surface area contributed by atoms with Crippen molar-refractivity contribution in [3.05, 3.63) is 22.0 Å². The van der Waals surface area contributed by atoms with E-state index < -0.39 is 0 Å². The summed E-state index contributed by atoms with van der Waals surface area (Å²) in [5.41, 5.74) is 0. The third-order valence-electron chi connectivity index (χ3n) is 1.50. The number of fused-ring (bicyclic) bond motifs is 1. The third kappa shape index (κ3) is 1.58. The molecule has 0 fully saturated rings. The predicted molar refractivity (Wildman–Crippen MR) is 57.4 cm³/mol. The number of thioether (sulfide) groups is 2. The van der Waals surface area contributed by atoms with E-state index in [2.05, 4.69) is 9.98 Å². The molecule has 0 aromatic rings. The number of hydrogen-bond donors (Lipinski definition) is 0. The van der Waals surface area contributed by atoms with Crippen LogP contribution in [-0.4, -0.2) is 10.1 Å². The average molecular weight is 218 g/mol. The Morgan fingerprint density at radius 1 is 0.929 bits per heavy atom. The van der Waals surface area contributed by atoms with E-state index >= 15 is 0 Å². The molecule has 2 rings (SSSR count). The molecular weight excluding hydrogens is 216 g/mol. The van der Waals surface area contributed by atoms with Gasteiger partial charge in [0.15, 0.2) is 0 Å². The molecule has 0 radical (unpaired) electrons. The third-order valence-corrected chi connectivity index (χ3v) is 3.58. The van der Waals surface area contributed by atoms with Crippen molar-refractivity contribution in [2.24, 2.45) is 9.98 Å². The molecule has 4 nitrogen and oxygen atoms in total. The molecule has 6 heteroatoms. The van der Waals surface area contributed by atoms with Gasteiger partial charge in [-0.05, 0) is 12.2 Å². The highest BCUT2D eigenvalue weighted by atomic mass is 32.2. The van der Waals surface area contributed by atoms with Crippen molar-refractivity contribution in [1.29, 1.82) is 10.5 Å². The lowest BCUT2D eigenvalue weighted by Gasteiger charge is -1.86. The summed E-state index contributed by atoms with van der Waals surface area (Å²) in [6, 6.07) is 0. The zero-order valence-corrected chi connectivity index (χ0v) is 8.39. The lowest BCUT2D eigenvalue weighted by atomic mass is 10.4. The fourth-order valence-corrected chi connectivity index (χ4v) is 3.06. The van der Waals surface area contributed by atoms with Gasteiger partial charge in [0.1, 0.15) is 10.1 Å². The van der Waals surface area contributed by atoms with Crippen molar-refractivity contribution >= 4 is 33.6 Å². The van der Waals surface area contributed by atoms with E-state index in [1.54, 1.807) is 12.4 Å². The van der Waals surface area contributed by atoms with Crippen LogP contribution in [0.25, 0.3) is 0 Å². The maximum atomic E-state index is 8.35. The second-order valence-electron chi connectivity index (χ2n) is 2.32. The predicted octanol–water partition coefficient (Wildman–Crippen LogP) is 2.01. The molecule has 2 aliphatic rings. The summed E-state index contributed by atoms with van der Waals surface area (Å²) in [6.07, 6.45) is 7.12. The molecule has 0 saturated carbocycles. The summed E-state index contributed by atoms with van der Waals surface area (Å²) in [4.78, 5) is 9.28. The SMILES string of the molecule is N#C/N=C1/C=C2S/C(=N\C#N)C=C2S1. The van der Waals surface area contributed by atoms with Crippen molar-refractivity contribution in [1.82, 2.24) is 0 Å². The Kier molecular flexibility index (Phi) is 2.40. The summed E-state index contributed by atoms with van der Waals surface area (Å²) < 4.78 is 0. The molecule has 0 atom stereocenters. The monoisotopic (exact) mass is 218 g/mol. The second kappa shape index (κ2) is 3.70. The smallest absolute Gasteiger partial charge is 0.170 e. The fraction of sp³-hybridized carbons (Fsp3) is 0. The first kappa shape index (κ1) is 9.07. The molecule has 2 heterocycles. The molecule has 0 amide bonds. The maximum absolute atomic E-state index is 8.35. The van der Waals surface area contributed by atoms with Crippen molar-refractivity contribution in [2.45, 2.75) is 0 Å². The van der Waals surface area contributed by atoms with Gasteiger partial charge in [0, 0.05) is 9.81 Å². The lowest BCUT2D eigenvalue weighted by molar-refractivity contribution is 1.45. The van der Waals surface area contributed by atoms with Gasteiger partial charge in [-0.3, -0.25) is 0 Å². The van der Waals surface area contributed by atoms with Gasteiger partial charge in [0.05, 0.1) is 0 Å². The Balaban J connectivity index is 2.26. The molecule has 0 aliphatic carbocycles. The molecule has 0 saturated heterocycles. The van der Waals surface area contributed by atoms with Crippen LogP contribution in [0.1, 0.15) is 0 Å². The summed E-state index contributed by atoms with van der Waals surface area (Å²) in [7, 11) is 0. The molecular formula is C8H2N4S2. The van der Waals surface area contributed by atoms with Gasteiger partial charge >= 0.3 is 0 Å². The highest BCUT2D eigenvalue weighted by Crippen LogP contribution is 2.45.